The van der Waals surface area contributed by atoms with E-state index in [-0.39, 0.29) is 28.4 Å². The van der Waals surface area contributed by atoms with Crippen LogP contribution in [0.1, 0.15) is 30.9 Å². The van der Waals surface area contributed by atoms with E-state index in [4.69, 9.17) is 20.9 Å². The maximum absolute atomic E-state index is 13.9. The molecule has 3 atom stereocenters. The van der Waals surface area contributed by atoms with Gasteiger partial charge in [0.1, 0.15) is 29.3 Å². The maximum atomic E-state index is 13.9. The van der Waals surface area contributed by atoms with E-state index in [1.807, 2.05) is 0 Å². The number of benzene rings is 1. The van der Waals surface area contributed by atoms with Gasteiger partial charge < -0.3 is 24.6 Å². The van der Waals surface area contributed by atoms with E-state index in [1.165, 1.54) is 23.2 Å². The lowest BCUT2D eigenvalue weighted by Gasteiger charge is -2.59. The summed E-state index contributed by atoms with van der Waals surface area (Å²) in [7, 11) is 1.55. The second kappa shape index (κ2) is 8.37. The van der Waals surface area contributed by atoms with E-state index in [1.54, 1.807) is 19.2 Å². The fourth-order valence-corrected chi connectivity index (χ4v) is 5.11. The highest BCUT2D eigenvalue weighted by Gasteiger charge is 2.61. The number of likely N-dealkylation sites (N-methyl/N-ethyl adjacent to an activating group) is 1. The molecule has 31 heavy (non-hydrogen) atoms. The summed E-state index contributed by atoms with van der Waals surface area (Å²) in [6.07, 6.45) is 1.96. The summed E-state index contributed by atoms with van der Waals surface area (Å²) in [5.74, 6) is -1.05. The lowest BCUT2D eigenvalue weighted by atomic mass is 9.49. The average molecular weight is 452 g/mol. The standard InChI is InChI=1S/C21H23ClFN3O5/c1-24-19(27)17(15-4-7-25-31-15)18-16(30-12-2-3-13(22)14(23)10-12)11-21(18)5-8-26(9-6-21)20(28)29/h2-4,7,10,16-18H,5-6,8-9,11H2,1H3,(H,24,27)(H,28,29). The van der Waals surface area contributed by atoms with Gasteiger partial charge >= 0.3 is 6.09 Å². The first kappa shape index (κ1) is 21.4. The first-order valence-electron chi connectivity index (χ1n) is 10.1. The largest absolute Gasteiger partial charge is 0.490 e. The quantitative estimate of drug-likeness (QED) is 0.720. The van der Waals surface area contributed by atoms with Crippen LogP contribution in [0, 0.1) is 17.2 Å². The predicted molar refractivity (Wildman–Crippen MR) is 109 cm³/mol. The molecule has 1 aromatic carbocycles. The van der Waals surface area contributed by atoms with Crippen molar-refractivity contribution in [2.75, 3.05) is 20.1 Å². The monoisotopic (exact) mass is 451 g/mol. The molecule has 8 nitrogen and oxygen atoms in total. The fraction of sp³-hybridized carbons (Fsp3) is 0.476. The molecule has 2 amide bonds. The molecule has 0 bridgehead atoms. The molecule has 1 aliphatic carbocycles. The number of nitrogens with zero attached hydrogens (tertiary/aromatic N) is 2. The number of piperidine rings is 1. The molecule has 2 heterocycles. The third-order valence-corrected chi connectivity index (χ3v) is 6.88. The van der Waals surface area contributed by atoms with Gasteiger partial charge in [-0.2, -0.15) is 0 Å². The van der Waals surface area contributed by atoms with Crippen molar-refractivity contribution < 1.29 is 28.3 Å². The molecule has 1 saturated heterocycles. The average Bonchev–Trinajstić information content (AvgIpc) is 3.28. The molecule has 10 heteroatoms. The van der Waals surface area contributed by atoms with Gasteiger partial charge in [0, 0.05) is 38.2 Å². The van der Waals surface area contributed by atoms with Gasteiger partial charge in [-0.05, 0) is 36.8 Å². The molecule has 4 rings (SSSR count). The van der Waals surface area contributed by atoms with Crippen molar-refractivity contribution in [1.29, 1.82) is 0 Å². The highest BCUT2D eigenvalue weighted by Crippen LogP contribution is 2.60. The molecule has 2 aromatic rings. The molecule has 1 aromatic heterocycles. The van der Waals surface area contributed by atoms with Gasteiger partial charge in [0.15, 0.2) is 0 Å². The molecular weight excluding hydrogens is 429 g/mol. The van der Waals surface area contributed by atoms with Crippen molar-refractivity contribution in [3.8, 4) is 5.75 Å². The number of likely N-dealkylation sites (tertiary alicyclic amines) is 1. The van der Waals surface area contributed by atoms with E-state index in [0.717, 1.165) is 0 Å². The minimum atomic E-state index is -0.951. The number of rotatable bonds is 5. The van der Waals surface area contributed by atoms with E-state index in [9.17, 15) is 19.1 Å². The lowest BCUT2D eigenvalue weighted by molar-refractivity contribution is -0.152. The van der Waals surface area contributed by atoms with Gasteiger partial charge in [-0.25, -0.2) is 9.18 Å². The van der Waals surface area contributed by atoms with Crippen molar-refractivity contribution in [3.05, 3.63) is 47.1 Å². The van der Waals surface area contributed by atoms with Crippen LogP contribution in [0.3, 0.4) is 0 Å². The Morgan fingerprint density at radius 3 is 2.71 bits per heavy atom. The Hall–Kier alpha value is -2.81. The fourth-order valence-electron chi connectivity index (χ4n) is 5.00. The van der Waals surface area contributed by atoms with Gasteiger partial charge in [0.2, 0.25) is 5.91 Å². The number of hydrogen-bond donors (Lipinski definition) is 2. The Morgan fingerprint density at radius 2 is 2.13 bits per heavy atom. The highest BCUT2D eigenvalue weighted by atomic mass is 35.5. The molecule has 1 saturated carbocycles. The summed E-state index contributed by atoms with van der Waals surface area (Å²) in [6.45, 7) is 0.760. The molecule has 1 aliphatic heterocycles. The number of carboxylic acid groups (broad SMARTS) is 1. The van der Waals surface area contributed by atoms with E-state index in [0.29, 0.717) is 43.9 Å². The first-order valence-corrected chi connectivity index (χ1v) is 10.4. The summed E-state index contributed by atoms with van der Waals surface area (Å²) in [5.41, 5.74) is -0.300. The Balaban J connectivity index is 1.65. The van der Waals surface area contributed by atoms with Gasteiger partial charge in [0.05, 0.1) is 11.2 Å². The molecule has 1 spiro atoms. The van der Waals surface area contributed by atoms with E-state index < -0.39 is 17.8 Å². The van der Waals surface area contributed by atoms with E-state index >= 15 is 0 Å². The van der Waals surface area contributed by atoms with Crippen LogP contribution in [0.25, 0.3) is 0 Å². The molecule has 0 radical (unpaired) electrons. The number of hydrogen-bond acceptors (Lipinski definition) is 5. The Labute approximate surface area is 183 Å². The number of carbonyl (C=O) groups is 2. The van der Waals surface area contributed by atoms with Crippen molar-refractivity contribution in [2.45, 2.75) is 31.3 Å². The smallest absolute Gasteiger partial charge is 0.407 e. The number of ether oxygens (including phenoxy) is 1. The molecule has 166 valence electrons. The van der Waals surface area contributed by atoms with Gasteiger partial charge in [0.25, 0.3) is 0 Å². The summed E-state index contributed by atoms with van der Waals surface area (Å²) in [4.78, 5) is 25.6. The number of carbonyl (C=O) groups excluding carboxylic acids is 1. The van der Waals surface area contributed by atoms with Crippen LogP contribution in [0.4, 0.5) is 9.18 Å². The van der Waals surface area contributed by atoms with Crippen LogP contribution < -0.4 is 10.1 Å². The lowest BCUT2D eigenvalue weighted by Crippen LogP contribution is -2.62. The zero-order valence-electron chi connectivity index (χ0n) is 16.9. The van der Waals surface area contributed by atoms with Crippen molar-refractivity contribution in [3.63, 3.8) is 0 Å². The van der Waals surface area contributed by atoms with Crippen molar-refractivity contribution in [1.82, 2.24) is 15.4 Å². The van der Waals surface area contributed by atoms with Gasteiger partial charge in [-0.15, -0.1) is 0 Å². The van der Waals surface area contributed by atoms with Gasteiger partial charge in [-0.3, -0.25) is 4.79 Å². The summed E-state index contributed by atoms with van der Waals surface area (Å²) < 4.78 is 25.4. The first-order chi connectivity index (χ1) is 14.8. The van der Waals surface area contributed by atoms with Gasteiger partial charge in [-0.1, -0.05) is 16.8 Å². The van der Waals surface area contributed by atoms with Crippen LogP contribution in [0.2, 0.25) is 5.02 Å². The number of amides is 2. The van der Waals surface area contributed by atoms with Crippen LogP contribution >= 0.6 is 11.6 Å². The second-order valence-electron chi connectivity index (χ2n) is 8.10. The van der Waals surface area contributed by atoms with Crippen LogP contribution in [0.5, 0.6) is 5.75 Å². The van der Waals surface area contributed by atoms with Crippen molar-refractivity contribution in [2.24, 2.45) is 11.3 Å². The number of aromatic nitrogens is 1. The Bertz CT molecular complexity index is 962. The number of halogens is 2. The Kier molecular flexibility index (Phi) is 5.79. The molecule has 2 aliphatic rings. The molecular formula is C21H23ClFN3O5. The van der Waals surface area contributed by atoms with Crippen LogP contribution in [-0.2, 0) is 4.79 Å². The van der Waals surface area contributed by atoms with Crippen LogP contribution in [-0.4, -0.2) is 53.4 Å². The van der Waals surface area contributed by atoms with Crippen LogP contribution in [0.15, 0.2) is 35.0 Å². The summed E-state index contributed by atoms with van der Waals surface area (Å²) >= 11 is 5.77. The molecule has 3 unspecified atom stereocenters. The van der Waals surface area contributed by atoms with E-state index in [2.05, 4.69) is 10.5 Å². The predicted octanol–water partition coefficient (Wildman–Crippen LogP) is 3.52. The summed E-state index contributed by atoms with van der Waals surface area (Å²) in [5, 5.41) is 15.8. The summed E-state index contributed by atoms with van der Waals surface area (Å²) in [6, 6.07) is 5.88. The normalized spacial score (nSPS) is 23.1. The molecule has 2 N–H and O–H groups in total. The third kappa shape index (κ3) is 3.94. The second-order valence-corrected chi connectivity index (χ2v) is 8.51. The zero-order chi connectivity index (χ0) is 22.2. The minimum absolute atomic E-state index is 0.0000745. The third-order valence-electron chi connectivity index (χ3n) is 6.58. The number of nitrogens with one attached hydrogen (secondary N) is 1. The molecule has 2 fully saturated rings. The SMILES string of the molecule is CNC(=O)C(c1ccno1)C1C(Oc2ccc(Cl)c(F)c2)CC12CCN(C(=O)O)CC2. The zero-order valence-corrected chi connectivity index (χ0v) is 17.6. The van der Waals surface area contributed by atoms with Crippen molar-refractivity contribution >= 4 is 23.6 Å². The highest BCUT2D eigenvalue weighted by molar-refractivity contribution is 6.30. The minimum Gasteiger partial charge on any atom is -0.490 e. The maximum Gasteiger partial charge on any atom is 0.407 e. The topological polar surface area (TPSA) is 105 Å². The Morgan fingerprint density at radius 1 is 1.39 bits per heavy atom.